The number of furan rings is 1. The van der Waals surface area contributed by atoms with E-state index in [1.807, 2.05) is 0 Å². The number of rotatable bonds is 6. The maximum atomic E-state index is 12.5. The van der Waals surface area contributed by atoms with Crippen LogP contribution in [0.3, 0.4) is 0 Å². The van der Waals surface area contributed by atoms with E-state index in [2.05, 4.69) is 10.6 Å². The van der Waals surface area contributed by atoms with Gasteiger partial charge in [0, 0.05) is 23.9 Å². The van der Waals surface area contributed by atoms with Crippen molar-refractivity contribution in [1.82, 2.24) is 5.32 Å². The molecule has 2 N–H and O–H groups in total. The summed E-state index contributed by atoms with van der Waals surface area (Å²) >= 11 is 0. The molecule has 1 saturated carbocycles. The van der Waals surface area contributed by atoms with Crippen molar-refractivity contribution in [3.8, 4) is 0 Å². The van der Waals surface area contributed by atoms with Crippen LogP contribution < -0.4 is 10.6 Å². The Bertz CT molecular complexity index is 721. The van der Waals surface area contributed by atoms with E-state index in [0.29, 0.717) is 17.5 Å². The smallest absolute Gasteiger partial charge is 0.270 e. The molecule has 1 aromatic carbocycles. The zero-order chi connectivity index (χ0) is 16.9. The molecule has 0 radical (unpaired) electrons. The maximum Gasteiger partial charge on any atom is 0.270 e. The lowest BCUT2D eigenvalue weighted by atomic mass is 10.1. The first kappa shape index (κ1) is 16.0. The van der Waals surface area contributed by atoms with Gasteiger partial charge in [0.25, 0.3) is 11.6 Å². The summed E-state index contributed by atoms with van der Waals surface area (Å²) < 4.78 is 5.18. The van der Waals surface area contributed by atoms with Gasteiger partial charge in [0.15, 0.2) is 0 Å². The van der Waals surface area contributed by atoms with E-state index in [-0.39, 0.29) is 23.7 Å². The van der Waals surface area contributed by atoms with Crippen LogP contribution >= 0.6 is 0 Å². The number of hydrogen-bond acceptors (Lipinski definition) is 5. The van der Waals surface area contributed by atoms with Gasteiger partial charge in [-0.15, -0.1) is 0 Å². The minimum atomic E-state index is -0.497. The van der Waals surface area contributed by atoms with E-state index >= 15 is 0 Å². The van der Waals surface area contributed by atoms with E-state index in [1.54, 1.807) is 18.2 Å². The number of carbonyl (C=O) groups is 1. The molecule has 1 fully saturated rings. The van der Waals surface area contributed by atoms with Gasteiger partial charge in [0.1, 0.15) is 5.76 Å². The fraction of sp³-hybridized carbons (Fsp3) is 0.353. The highest BCUT2D eigenvalue weighted by Gasteiger charge is 2.21. The fourth-order valence-electron chi connectivity index (χ4n) is 2.93. The van der Waals surface area contributed by atoms with E-state index in [0.717, 1.165) is 25.7 Å². The SMILES string of the molecule is O=C(NCc1ccco1)c1cc([N+](=O)[O-])ccc1NC1CCCC1. The molecule has 0 unspecified atom stereocenters. The van der Waals surface area contributed by atoms with Gasteiger partial charge >= 0.3 is 0 Å². The highest BCUT2D eigenvalue weighted by Crippen LogP contribution is 2.27. The van der Waals surface area contributed by atoms with Crippen molar-refractivity contribution < 1.29 is 14.1 Å². The number of nitro groups is 1. The molecule has 0 spiro atoms. The summed E-state index contributed by atoms with van der Waals surface area (Å²) in [7, 11) is 0. The van der Waals surface area contributed by atoms with Crippen LogP contribution in [0.25, 0.3) is 0 Å². The number of benzene rings is 1. The second-order valence-corrected chi connectivity index (χ2v) is 5.87. The normalized spacial score (nSPS) is 14.5. The first-order valence-corrected chi connectivity index (χ1v) is 7.99. The van der Waals surface area contributed by atoms with Crippen molar-refractivity contribution in [3.05, 3.63) is 58.0 Å². The highest BCUT2D eigenvalue weighted by atomic mass is 16.6. The average molecular weight is 329 g/mol. The Morgan fingerprint density at radius 1 is 1.29 bits per heavy atom. The van der Waals surface area contributed by atoms with Crippen molar-refractivity contribution >= 4 is 17.3 Å². The number of nitrogens with one attached hydrogen (secondary N) is 2. The molecular formula is C17H19N3O4. The van der Waals surface area contributed by atoms with E-state index in [9.17, 15) is 14.9 Å². The first-order chi connectivity index (χ1) is 11.6. The van der Waals surface area contributed by atoms with Crippen LogP contribution in [0.5, 0.6) is 0 Å². The lowest BCUT2D eigenvalue weighted by Crippen LogP contribution is -2.25. The molecule has 0 saturated heterocycles. The second-order valence-electron chi connectivity index (χ2n) is 5.87. The molecule has 7 nitrogen and oxygen atoms in total. The lowest BCUT2D eigenvalue weighted by molar-refractivity contribution is -0.384. The Morgan fingerprint density at radius 3 is 2.75 bits per heavy atom. The fourth-order valence-corrected chi connectivity index (χ4v) is 2.93. The molecular weight excluding hydrogens is 310 g/mol. The van der Waals surface area contributed by atoms with Crippen molar-refractivity contribution in [2.24, 2.45) is 0 Å². The predicted octanol–water partition coefficient (Wildman–Crippen LogP) is 3.47. The van der Waals surface area contributed by atoms with Crippen molar-refractivity contribution in [2.75, 3.05) is 5.32 Å². The van der Waals surface area contributed by atoms with E-state index < -0.39 is 4.92 Å². The largest absolute Gasteiger partial charge is 0.467 e. The monoisotopic (exact) mass is 329 g/mol. The molecule has 0 aliphatic heterocycles. The zero-order valence-corrected chi connectivity index (χ0v) is 13.2. The van der Waals surface area contributed by atoms with Gasteiger partial charge in [0.2, 0.25) is 0 Å². The van der Waals surface area contributed by atoms with Crippen LogP contribution in [-0.4, -0.2) is 16.9 Å². The van der Waals surface area contributed by atoms with Crippen LogP contribution in [0.1, 0.15) is 41.8 Å². The van der Waals surface area contributed by atoms with E-state index in [1.165, 1.54) is 18.4 Å². The molecule has 0 bridgehead atoms. The van der Waals surface area contributed by atoms with Gasteiger partial charge in [-0.1, -0.05) is 12.8 Å². The Hall–Kier alpha value is -2.83. The quantitative estimate of drug-likeness (QED) is 0.624. The standard InChI is InChI=1S/C17H19N3O4/c21-17(18-11-14-6-3-9-24-14)15-10-13(20(22)23)7-8-16(15)19-12-4-1-2-5-12/h3,6-10,12,19H,1-2,4-5,11H2,(H,18,21). The predicted molar refractivity (Wildman–Crippen MR) is 88.9 cm³/mol. The molecule has 3 rings (SSSR count). The van der Waals surface area contributed by atoms with Gasteiger partial charge in [0.05, 0.1) is 23.3 Å². The number of carbonyl (C=O) groups excluding carboxylic acids is 1. The van der Waals surface area contributed by atoms with Crippen LogP contribution in [-0.2, 0) is 6.54 Å². The minimum absolute atomic E-state index is 0.102. The number of anilines is 1. The third-order valence-electron chi connectivity index (χ3n) is 4.18. The summed E-state index contributed by atoms with van der Waals surface area (Å²) in [6, 6.07) is 8.14. The highest BCUT2D eigenvalue weighted by molar-refractivity contribution is 6.00. The Labute approximate surface area is 139 Å². The lowest BCUT2D eigenvalue weighted by Gasteiger charge is -2.16. The van der Waals surface area contributed by atoms with Crippen molar-refractivity contribution in [2.45, 2.75) is 38.3 Å². The number of nitro benzene ring substituents is 1. The summed E-state index contributed by atoms with van der Waals surface area (Å²) in [4.78, 5) is 23.0. The summed E-state index contributed by atoms with van der Waals surface area (Å²) in [6.07, 6.45) is 5.94. The Morgan fingerprint density at radius 2 is 2.08 bits per heavy atom. The van der Waals surface area contributed by atoms with Crippen LogP contribution in [0.4, 0.5) is 11.4 Å². The Kier molecular flexibility index (Phi) is 4.79. The second kappa shape index (κ2) is 7.16. The summed E-state index contributed by atoms with van der Waals surface area (Å²) in [6.45, 7) is 0.234. The number of amides is 1. The summed E-state index contributed by atoms with van der Waals surface area (Å²) in [5, 5.41) is 17.1. The van der Waals surface area contributed by atoms with Gasteiger partial charge in [-0.05, 0) is 31.0 Å². The zero-order valence-electron chi connectivity index (χ0n) is 13.2. The molecule has 1 aliphatic carbocycles. The summed E-state index contributed by atoms with van der Waals surface area (Å²) in [5.74, 6) is 0.259. The molecule has 1 heterocycles. The van der Waals surface area contributed by atoms with Gasteiger partial charge in [-0.3, -0.25) is 14.9 Å². The topological polar surface area (TPSA) is 97.4 Å². The number of nitrogens with zero attached hydrogens (tertiary/aromatic N) is 1. The molecule has 7 heteroatoms. The molecule has 24 heavy (non-hydrogen) atoms. The molecule has 0 atom stereocenters. The molecule has 1 aliphatic rings. The van der Waals surface area contributed by atoms with E-state index in [4.69, 9.17) is 4.42 Å². The van der Waals surface area contributed by atoms with Crippen molar-refractivity contribution in [1.29, 1.82) is 0 Å². The minimum Gasteiger partial charge on any atom is -0.467 e. The third kappa shape index (κ3) is 3.73. The molecule has 126 valence electrons. The first-order valence-electron chi connectivity index (χ1n) is 7.99. The molecule has 1 aromatic heterocycles. The average Bonchev–Trinajstić information content (AvgIpc) is 3.26. The van der Waals surface area contributed by atoms with Gasteiger partial charge in [-0.25, -0.2) is 0 Å². The van der Waals surface area contributed by atoms with Crippen LogP contribution in [0, 0.1) is 10.1 Å². The third-order valence-corrected chi connectivity index (χ3v) is 4.18. The van der Waals surface area contributed by atoms with Crippen LogP contribution in [0.2, 0.25) is 0 Å². The number of hydrogen-bond donors (Lipinski definition) is 2. The molecule has 1 amide bonds. The molecule has 2 aromatic rings. The van der Waals surface area contributed by atoms with Crippen molar-refractivity contribution in [3.63, 3.8) is 0 Å². The van der Waals surface area contributed by atoms with Gasteiger partial charge < -0.3 is 15.1 Å². The maximum absolute atomic E-state index is 12.5. The van der Waals surface area contributed by atoms with Gasteiger partial charge in [-0.2, -0.15) is 0 Å². The number of non-ortho nitro benzene ring substituents is 1. The summed E-state index contributed by atoms with van der Waals surface area (Å²) in [5.41, 5.74) is 0.808. The van der Waals surface area contributed by atoms with Crippen LogP contribution in [0.15, 0.2) is 41.0 Å². The Balaban J connectivity index is 1.79.